The highest BCUT2D eigenvalue weighted by Crippen LogP contribution is 2.00. The van der Waals surface area contributed by atoms with Crippen LogP contribution in [0.2, 0.25) is 0 Å². The molecule has 1 heterocycles. The minimum absolute atomic E-state index is 0.182. The van der Waals surface area contributed by atoms with Gasteiger partial charge in [-0.2, -0.15) is 5.10 Å². The third-order valence-corrected chi connectivity index (χ3v) is 1.82. The number of hydrogen-bond donors (Lipinski definition) is 1. The first kappa shape index (κ1) is 10.4. The van der Waals surface area contributed by atoms with E-state index >= 15 is 0 Å². The molecule has 0 amide bonds. The number of carboxylic acids is 1. The van der Waals surface area contributed by atoms with Crippen molar-refractivity contribution in [3.8, 4) is 0 Å². The Morgan fingerprint density at radius 1 is 1.57 bits per heavy atom. The lowest BCUT2D eigenvalue weighted by atomic mass is 10.2. The largest absolute Gasteiger partial charge is 0.481 e. The first-order valence-electron chi connectivity index (χ1n) is 4.42. The normalized spacial score (nSPS) is 10.0. The molecule has 0 atom stereocenters. The van der Waals surface area contributed by atoms with Gasteiger partial charge in [-0.1, -0.05) is 0 Å². The maximum absolute atomic E-state index is 10.3. The predicted molar refractivity (Wildman–Crippen MR) is 49.1 cm³/mol. The summed E-state index contributed by atoms with van der Waals surface area (Å²) in [4.78, 5) is 20.5. The van der Waals surface area contributed by atoms with Gasteiger partial charge in [0.2, 0.25) is 0 Å². The number of aromatic nitrogens is 2. The van der Waals surface area contributed by atoms with Gasteiger partial charge in [-0.05, 0) is 12.8 Å². The third kappa shape index (κ3) is 3.38. The molecule has 1 N–H and O–H groups in total. The van der Waals surface area contributed by atoms with Gasteiger partial charge >= 0.3 is 5.97 Å². The van der Waals surface area contributed by atoms with Crippen molar-refractivity contribution >= 4 is 12.3 Å². The van der Waals surface area contributed by atoms with Gasteiger partial charge in [0, 0.05) is 19.2 Å². The lowest BCUT2D eigenvalue weighted by molar-refractivity contribution is -0.137. The number of hydrogen-bond acceptors (Lipinski definition) is 3. The second kappa shape index (κ2) is 5.16. The van der Waals surface area contributed by atoms with Gasteiger partial charge in [-0.3, -0.25) is 14.3 Å². The molecule has 5 nitrogen and oxygen atoms in total. The molecule has 0 aliphatic carbocycles. The fourth-order valence-corrected chi connectivity index (χ4v) is 1.11. The van der Waals surface area contributed by atoms with E-state index in [2.05, 4.69) is 5.10 Å². The van der Waals surface area contributed by atoms with Crippen molar-refractivity contribution < 1.29 is 14.7 Å². The van der Waals surface area contributed by atoms with E-state index in [4.69, 9.17) is 5.11 Å². The summed E-state index contributed by atoms with van der Waals surface area (Å²) in [5.41, 5.74) is 0.545. The minimum atomic E-state index is -0.779. The van der Waals surface area contributed by atoms with Crippen LogP contribution in [-0.2, 0) is 11.3 Å². The van der Waals surface area contributed by atoms with Crippen molar-refractivity contribution in [1.82, 2.24) is 9.78 Å². The molecule has 1 rings (SSSR count). The Morgan fingerprint density at radius 3 is 2.93 bits per heavy atom. The quantitative estimate of drug-likeness (QED) is 0.543. The molecule has 0 aliphatic rings. The number of unbranched alkanes of at least 4 members (excludes halogenated alkanes) is 1. The Morgan fingerprint density at radius 2 is 2.36 bits per heavy atom. The van der Waals surface area contributed by atoms with Crippen molar-refractivity contribution in [3.05, 3.63) is 18.0 Å². The number of rotatable bonds is 6. The molecule has 0 aromatic carbocycles. The fraction of sp³-hybridized carbons (Fsp3) is 0.444. The van der Waals surface area contributed by atoms with E-state index in [1.54, 1.807) is 10.9 Å². The highest BCUT2D eigenvalue weighted by Gasteiger charge is 1.99. The van der Waals surface area contributed by atoms with Crippen LogP contribution in [0.4, 0.5) is 0 Å². The summed E-state index contributed by atoms with van der Waals surface area (Å²) in [6, 6.07) is 0. The molecule has 14 heavy (non-hydrogen) atoms. The Bertz CT molecular complexity index is 320. The van der Waals surface area contributed by atoms with Gasteiger partial charge < -0.3 is 5.11 Å². The van der Waals surface area contributed by atoms with Crippen LogP contribution in [0.1, 0.15) is 29.6 Å². The average molecular weight is 196 g/mol. The minimum Gasteiger partial charge on any atom is -0.481 e. The van der Waals surface area contributed by atoms with Crippen molar-refractivity contribution in [2.45, 2.75) is 25.8 Å². The van der Waals surface area contributed by atoms with E-state index < -0.39 is 5.97 Å². The zero-order valence-electron chi connectivity index (χ0n) is 7.72. The molecule has 0 unspecified atom stereocenters. The van der Waals surface area contributed by atoms with Crippen molar-refractivity contribution in [3.63, 3.8) is 0 Å². The number of nitrogens with zero attached hydrogens (tertiary/aromatic N) is 2. The van der Waals surface area contributed by atoms with Crippen LogP contribution in [0, 0.1) is 0 Å². The summed E-state index contributed by atoms with van der Waals surface area (Å²) in [5, 5.41) is 12.3. The Balaban J connectivity index is 2.24. The first-order chi connectivity index (χ1) is 6.72. The molecule has 0 aliphatic heterocycles. The van der Waals surface area contributed by atoms with Crippen molar-refractivity contribution in [2.24, 2.45) is 0 Å². The Kier molecular flexibility index (Phi) is 3.84. The number of carboxylic acid groups (broad SMARTS) is 1. The van der Waals surface area contributed by atoms with Gasteiger partial charge in [0.05, 0.1) is 11.8 Å². The lowest BCUT2D eigenvalue weighted by Gasteiger charge is -1.98. The zero-order chi connectivity index (χ0) is 10.4. The molecule has 76 valence electrons. The van der Waals surface area contributed by atoms with Crippen LogP contribution in [0.15, 0.2) is 12.4 Å². The van der Waals surface area contributed by atoms with Gasteiger partial charge in [-0.15, -0.1) is 0 Å². The molecular formula is C9H12N2O3. The van der Waals surface area contributed by atoms with Crippen LogP contribution in [0.5, 0.6) is 0 Å². The van der Waals surface area contributed by atoms with Crippen molar-refractivity contribution in [2.75, 3.05) is 0 Å². The average Bonchev–Trinajstić information content (AvgIpc) is 2.60. The van der Waals surface area contributed by atoms with Crippen molar-refractivity contribution in [1.29, 1.82) is 0 Å². The van der Waals surface area contributed by atoms with Gasteiger partial charge in [0.1, 0.15) is 0 Å². The van der Waals surface area contributed by atoms with E-state index in [-0.39, 0.29) is 6.42 Å². The fourth-order valence-electron chi connectivity index (χ4n) is 1.11. The summed E-state index contributed by atoms with van der Waals surface area (Å²) in [5.74, 6) is -0.779. The molecule has 0 saturated heterocycles. The van der Waals surface area contributed by atoms with E-state index in [9.17, 15) is 9.59 Å². The molecule has 0 radical (unpaired) electrons. The molecule has 0 fully saturated rings. The Labute approximate surface area is 81.3 Å². The highest BCUT2D eigenvalue weighted by atomic mass is 16.4. The highest BCUT2D eigenvalue weighted by molar-refractivity contribution is 5.73. The standard InChI is InChI=1S/C9H12N2O3/c12-7-8-5-10-11(6-8)4-2-1-3-9(13)14/h5-7H,1-4H2,(H,13,14). The molecule has 5 heteroatoms. The Hall–Kier alpha value is -1.65. The summed E-state index contributed by atoms with van der Waals surface area (Å²) in [7, 11) is 0. The van der Waals surface area contributed by atoms with E-state index in [0.717, 1.165) is 12.7 Å². The number of carbonyl (C=O) groups excluding carboxylic acids is 1. The maximum atomic E-state index is 10.3. The monoisotopic (exact) mass is 196 g/mol. The topological polar surface area (TPSA) is 72.2 Å². The zero-order valence-corrected chi connectivity index (χ0v) is 7.72. The maximum Gasteiger partial charge on any atom is 0.303 e. The van der Waals surface area contributed by atoms with Gasteiger partial charge in [0.15, 0.2) is 6.29 Å². The van der Waals surface area contributed by atoms with Crippen LogP contribution >= 0.6 is 0 Å². The van der Waals surface area contributed by atoms with E-state index in [1.165, 1.54) is 6.20 Å². The van der Waals surface area contributed by atoms with E-state index in [0.29, 0.717) is 18.5 Å². The molecule has 0 spiro atoms. The lowest BCUT2D eigenvalue weighted by Crippen LogP contribution is -2.00. The second-order valence-electron chi connectivity index (χ2n) is 3.01. The summed E-state index contributed by atoms with van der Waals surface area (Å²) >= 11 is 0. The summed E-state index contributed by atoms with van der Waals surface area (Å²) in [6.45, 7) is 0.654. The number of aldehydes is 1. The second-order valence-corrected chi connectivity index (χ2v) is 3.01. The molecule has 1 aromatic rings. The van der Waals surface area contributed by atoms with Crippen LogP contribution in [-0.4, -0.2) is 27.1 Å². The molecule has 1 aromatic heterocycles. The predicted octanol–water partition coefficient (Wildman–Crippen LogP) is 0.951. The first-order valence-corrected chi connectivity index (χ1v) is 4.42. The van der Waals surface area contributed by atoms with Gasteiger partial charge in [0.25, 0.3) is 0 Å². The summed E-state index contributed by atoms with van der Waals surface area (Å²) < 4.78 is 1.64. The smallest absolute Gasteiger partial charge is 0.303 e. The van der Waals surface area contributed by atoms with Crippen LogP contribution < -0.4 is 0 Å². The number of carbonyl (C=O) groups is 2. The van der Waals surface area contributed by atoms with E-state index in [1.807, 2.05) is 0 Å². The van der Waals surface area contributed by atoms with Crippen LogP contribution in [0.3, 0.4) is 0 Å². The molecule has 0 saturated carbocycles. The van der Waals surface area contributed by atoms with Crippen LogP contribution in [0.25, 0.3) is 0 Å². The molecular weight excluding hydrogens is 184 g/mol. The number of aryl methyl sites for hydroxylation is 1. The summed E-state index contributed by atoms with van der Waals surface area (Å²) in [6.07, 6.45) is 5.44. The molecule has 0 bridgehead atoms. The number of aliphatic carboxylic acids is 1. The SMILES string of the molecule is O=Cc1cnn(CCCCC(=O)O)c1. The van der Waals surface area contributed by atoms with Gasteiger partial charge in [-0.25, -0.2) is 0 Å². The third-order valence-electron chi connectivity index (χ3n) is 1.82.